The Morgan fingerprint density at radius 1 is 1.47 bits per heavy atom. The first kappa shape index (κ1) is 12.7. The fraction of sp³-hybridized carbons (Fsp3) is 0.667. The van der Waals surface area contributed by atoms with Crippen molar-refractivity contribution in [3.63, 3.8) is 0 Å². The van der Waals surface area contributed by atoms with Crippen LogP contribution in [0.15, 0.2) is 17.5 Å². The van der Waals surface area contributed by atoms with Gasteiger partial charge in [-0.25, -0.2) is 0 Å². The van der Waals surface area contributed by atoms with E-state index in [4.69, 9.17) is 0 Å². The van der Waals surface area contributed by atoms with Gasteiger partial charge in [0.15, 0.2) is 0 Å². The van der Waals surface area contributed by atoms with Crippen molar-refractivity contribution >= 4 is 11.3 Å². The minimum atomic E-state index is -0.648. The normalized spacial score (nSPS) is 14.5. The summed E-state index contributed by atoms with van der Waals surface area (Å²) in [7, 11) is 0. The Hall–Kier alpha value is -0.380. The molecule has 2 N–H and O–H groups in total. The van der Waals surface area contributed by atoms with E-state index in [1.807, 2.05) is 13.8 Å². The molecule has 1 heterocycles. The maximum Gasteiger partial charge on any atom is 0.0715 e. The third-order valence-corrected chi connectivity index (χ3v) is 3.23. The van der Waals surface area contributed by atoms with Crippen LogP contribution in [0, 0.1) is 5.92 Å². The SMILES string of the molecule is CC(C)C(NCC(C)(C)O)c1cccs1. The molecule has 0 spiro atoms. The average Bonchev–Trinajstić information content (AvgIpc) is 2.54. The van der Waals surface area contributed by atoms with Crippen LogP contribution < -0.4 is 5.32 Å². The topological polar surface area (TPSA) is 32.3 Å². The average molecular weight is 227 g/mol. The Balaban J connectivity index is 2.61. The highest BCUT2D eigenvalue weighted by Crippen LogP contribution is 2.25. The lowest BCUT2D eigenvalue weighted by molar-refractivity contribution is 0.0744. The molecule has 0 saturated carbocycles. The highest BCUT2D eigenvalue weighted by Gasteiger charge is 2.20. The van der Waals surface area contributed by atoms with E-state index in [1.165, 1.54) is 4.88 Å². The van der Waals surface area contributed by atoms with Gasteiger partial charge in [0.25, 0.3) is 0 Å². The highest BCUT2D eigenvalue weighted by molar-refractivity contribution is 7.10. The molecule has 1 unspecified atom stereocenters. The summed E-state index contributed by atoms with van der Waals surface area (Å²) < 4.78 is 0. The lowest BCUT2D eigenvalue weighted by Crippen LogP contribution is -2.38. The maximum atomic E-state index is 9.69. The minimum Gasteiger partial charge on any atom is -0.389 e. The smallest absolute Gasteiger partial charge is 0.0715 e. The van der Waals surface area contributed by atoms with Crippen molar-refractivity contribution in [2.45, 2.75) is 39.3 Å². The van der Waals surface area contributed by atoms with Gasteiger partial charge in [0.1, 0.15) is 0 Å². The first-order valence-corrected chi connectivity index (χ1v) is 6.27. The van der Waals surface area contributed by atoms with Gasteiger partial charge >= 0.3 is 0 Å². The summed E-state index contributed by atoms with van der Waals surface area (Å²) in [5.74, 6) is 0.533. The molecule has 1 rings (SSSR count). The van der Waals surface area contributed by atoms with Gasteiger partial charge in [-0.2, -0.15) is 0 Å². The maximum absolute atomic E-state index is 9.69. The third kappa shape index (κ3) is 4.33. The molecule has 0 aliphatic rings. The van der Waals surface area contributed by atoms with E-state index in [9.17, 15) is 5.11 Å². The van der Waals surface area contributed by atoms with Gasteiger partial charge in [-0.15, -0.1) is 11.3 Å². The molecule has 0 amide bonds. The summed E-state index contributed by atoms with van der Waals surface area (Å²) in [6, 6.07) is 4.56. The fourth-order valence-electron chi connectivity index (χ4n) is 1.49. The summed E-state index contributed by atoms with van der Waals surface area (Å²) in [6.07, 6.45) is 0. The number of hydrogen-bond acceptors (Lipinski definition) is 3. The largest absolute Gasteiger partial charge is 0.389 e. The molecule has 0 aliphatic carbocycles. The summed E-state index contributed by atoms with van der Waals surface area (Å²) >= 11 is 1.77. The van der Waals surface area contributed by atoms with Crippen molar-refractivity contribution in [3.05, 3.63) is 22.4 Å². The highest BCUT2D eigenvalue weighted by atomic mass is 32.1. The van der Waals surface area contributed by atoms with Crippen LogP contribution in [0.25, 0.3) is 0 Å². The molecule has 2 nitrogen and oxygen atoms in total. The Labute approximate surface area is 96.3 Å². The molecule has 0 fully saturated rings. The predicted molar refractivity (Wildman–Crippen MR) is 66.2 cm³/mol. The van der Waals surface area contributed by atoms with Crippen LogP contribution in [0.2, 0.25) is 0 Å². The molecule has 1 atom stereocenters. The van der Waals surface area contributed by atoms with Crippen LogP contribution in [0.4, 0.5) is 0 Å². The first-order valence-electron chi connectivity index (χ1n) is 5.39. The summed E-state index contributed by atoms with van der Waals surface area (Å²) in [6.45, 7) is 8.66. The molecule has 86 valence electrons. The fourth-order valence-corrected chi connectivity index (χ4v) is 2.47. The molecular formula is C12H21NOS. The van der Waals surface area contributed by atoms with Gasteiger partial charge < -0.3 is 10.4 Å². The zero-order valence-electron chi connectivity index (χ0n) is 9.95. The Morgan fingerprint density at radius 3 is 2.53 bits per heavy atom. The lowest BCUT2D eigenvalue weighted by atomic mass is 10.0. The predicted octanol–water partition coefficient (Wildman–Crippen LogP) is 2.81. The number of aliphatic hydroxyl groups is 1. The van der Waals surface area contributed by atoms with Gasteiger partial charge in [0, 0.05) is 17.5 Å². The van der Waals surface area contributed by atoms with Crippen LogP contribution in [0.5, 0.6) is 0 Å². The van der Waals surface area contributed by atoms with Crippen molar-refractivity contribution in [2.24, 2.45) is 5.92 Å². The van der Waals surface area contributed by atoms with Crippen molar-refractivity contribution in [1.29, 1.82) is 0 Å². The standard InChI is InChI=1S/C12H21NOS/c1-9(2)11(10-6-5-7-15-10)13-8-12(3,4)14/h5-7,9,11,13-14H,8H2,1-4H3. The first-order chi connectivity index (χ1) is 6.90. The van der Waals surface area contributed by atoms with E-state index in [2.05, 4.69) is 36.7 Å². The van der Waals surface area contributed by atoms with E-state index in [0.717, 1.165) is 0 Å². The van der Waals surface area contributed by atoms with Crippen LogP contribution in [0.3, 0.4) is 0 Å². The Morgan fingerprint density at radius 2 is 2.13 bits per heavy atom. The number of rotatable bonds is 5. The molecule has 0 aliphatic heterocycles. The zero-order valence-corrected chi connectivity index (χ0v) is 10.8. The third-order valence-electron chi connectivity index (χ3n) is 2.27. The molecule has 0 saturated heterocycles. The van der Waals surface area contributed by atoms with Crippen LogP contribution in [-0.4, -0.2) is 17.3 Å². The molecule has 1 aromatic rings. The molecule has 0 aromatic carbocycles. The van der Waals surface area contributed by atoms with Gasteiger partial charge in [0.2, 0.25) is 0 Å². The second-order valence-corrected chi connectivity index (χ2v) is 5.91. The monoisotopic (exact) mass is 227 g/mol. The molecule has 1 aromatic heterocycles. The zero-order chi connectivity index (χ0) is 11.5. The van der Waals surface area contributed by atoms with Crippen LogP contribution in [0.1, 0.15) is 38.6 Å². The molecule has 15 heavy (non-hydrogen) atoms. The molecule has 0 bridgehead atoms. The molecule has 0 radical (unpaired) electrons. The van der Waals surface area contributed by atoms with Crippen LogP contribution >= 0.6 is 11.3 Å². The van der Waals surface area contributed by atoms with Gasteiger partial charge in [-0.1, -0.05) is 19.9 Å². The molecule has 3 heteroatoms. The summed E-state index contributed by atoms with van der Waals surface area (Å²) in [5, 5.41) is 15.2. The van der Waals surface area contributed by atoms with Gasteiger partial charge in [0.05, 0.1) is 5.60 Å². The number of nitrogens with one attached hydrogen (secondary N) is 1. The summed E-state index contributed by atoms with van der Waals surface area (Å²) in [5.41, 5.74) is -0.648. The van der Waals surface area contributed by atoms with Crippen LogP contribution in [-0.2, 0) is 0 Å². The van der Waals surface area contributed by atoms with E-state index in [0.29, 0.717) is 18.5 Å². The number of thiophene rings is 1. The Bertz CT molecular complexity index is 274. The Kier molecular flexibility index (Phi) is 4.32. The van der Waals surface area contributed by atoms with E-state index < -0.39 is 5.60 Å². The van der Waals surface area contributed by atoms with E-state index in [1.54, 1.807) is 11.3 Å². The summed E-state index contributed by atoms with van der Waals surface area (Å²) in [4.78, 5) is 1.34. The van der Waals surface area contributed by atoms with E-state index >= 15 is 0 Å². The van der Waals surface area contributed by atoms with Gasteiger partial charge in [-0.05, 0) is 31.2 Å². The van der Waals surface area contributed by atoms with Gasteiger partial charge in [-0.3, -0.25) is 0 Å². The van der Waals surface area contributed by atoms with Crippen molar-refractivity contribution in [2.75, 3.05) is 6.54 Å². The second kappa shape index (κ2) is 5.10. The molecular weight excluding hydrogens is 206 g/mol. The number of hydrogen-bond donors (Lipinski definition) is 2. The van der Waals surface area contributed by atoms with E-state index in [-0.39, 0.29) is 0 Å². The van der Waals surface area contributed by atoms with Crippen molar-refractivity contribution < 1.29 is 5.11 Å². The quantitative estimate of drug-likeness (QED) is 0.810. The second-order valence-electron chi connectivity index (χ2n) is 4.93. The lowest BCUT2D eigenvalue weighted by Gasteiger charge is -2.26. The minimum absolute atomic E-state index is 0.344. The van der Waals surface area contributed by atoms with Crippen molar-refractivity contribution in [1.82, 2.24) is 5.32 Å². The van der Waals surface area contributed by atoms with Crippen molar-refractivity contribution in [3.8, 4) is 0 Å².